The van der Waals surface area contributed by atoms with Crippen LogP contribution in [0.25, 0.3) is 0 Å². The van der Waals surface area contributed by atoms with Gasteiger partial charge in [-0.15, -0.1) is 0 Å². The normalized spacial score (nSPS) is 14.6. The molecule has 0 unspecified atom stereocenters. The van der Waals surface area contributed by atoms with E-state index in [0.29, 0.717) is 0 Å². The highest BCUT2D eigenvalue weighted by atomic mass is 16.5. The van der Waals surface area contributed by atoms with Gasteiger partial charge in [-0.3, -0.25) is 0 Å². The first-order chi connectivity index (χ1) is 8.38. The van der Waals surface area contributed by atoms with Crippen molar-refractivity contribution >= 4 is 11.5 Å². The summed E-state index contributed by atoms with van der Waals surface area (Å²) < 4.78 is 5.58. The first kappa shape index (κ1) is 12.2. The van der Waals surface area contributed by atoms with E-state index >= 15 is 0 Å². The van der Waals surface area contributed by atoms with E-state index < -0.39 is 0 Å². The molecule has 1 saturated carbocycles. The molecule has 1 heterocycles. The smallest absolute Gasteiger partial charge is 0.127 e. The first-order valence-electron chi connectivity index (χ1n) is 6.34. The summed E-state index contributed by atoms with van der Waals surface area (Å²) in [4.78, 5) is 4.17. The van der Waals surface area contributed by atoms with Gasteiger partial charge in [0.15, 0.2) is 0 Å². The fourth-order valence-electron chi connectivity index (χ4n) is 1.62. The molecule has 0 bridgehead atoms. The number of nitrogens with zero attached hydrogens (tertiary/aromatic N) is 1. The SMILES string of the molecule is CNc1cc(NCCCOCC2CC2)ccn1. The molecule has 0 saturated heterocycles. The third-order valence-electron chi connectivity index (χ3n) is 2.86. The van der Waals surface area contributed by atoms with Crippen molar-refractivity contribution in [3.8, 4) is 0 Å². The summed E-state index contributed by atoms with van der Waals surface area (Å²) in [6, 6.07) is 3.98. The number of pyridine rings is 1. The molecule has 0 atom stereocenters. The largest absolute Gasteiger partial charge is 0.385 e. The molecule has 0 aromatic carbocycles. The number of anilines is 2. The Balaban J connectivity index is 1.56. The van der Waals surface area contributed by atoms with Gasteiger partial charge in [-0.25, -0.2) is 4.98 Å². The maximum Gasteiger partial charge on any atom is 0.127 e. The van der Waals surface area contributed by atoms with E-state index in [9.17, 15) is 0 Å². The minimum absolute atomic E-state index is 0.855. The summed E-state index contributed by atoms with van der Waals surface area (Å²) in [5.41, 5.74) is 1.10. The van der Waals surface area contributed by atoms with Crippen molar-refractivity contribution in [1.82, 2.24) is 4.98 Å². The van der Waals surface area contributed by atoms with Crippen molar-refractivity contribution in [1.29, 1.82) is 0 Å². The molecule has 1 aromatic rings. The Morgan fingerprint density at radius 3 is 3.12 bits per heavy atom. The fraction of sp³-hybridized carbons (Fsp3) is 0.615. The summed E-state index contributed by atoms with van der Waals surface area (Å²) in [6.07, 6.45) is 5.58. The van der Waals surface area contributed by atoms with Crippen molar-refractivity contribution in [2.75, 3.05) is 37.4 Å². The van der Waals surface area contributed by atoms with Crippen molar-refractivity contribution < 1.29 is 4.74 Å². The van der Waals surface area contributed by atoms with Crippen LogP contribution < -0.4 is 10.6 Å². The van der Waals surface area contributed by atoms with Crippen LogP contribution in [0.1, 0.15) is 19.3 Å². The zero-order valence-corrected chi connectivity index (χ0v) is 10.4. The van der Waals surface area contributed by atoms with Crippen LogP contribution in [-0.4, -0.2) is 31.8 Å². The van der Waals surface area contributed by atoms with Gasteiger partial charge in [0.1, 0.15) is 5.82 Å². The van der Waals surface area contributed by atoms with Gasteiger partial charge in [0, 0.05) is 44.8 Å². The highest BCUT2D eigenvalue weighted by Crippen LogP contribution is 2.28. The lowest BCUT2D eigenvalue weighted by Crippen LogP contribution is -2.07. The summed E-state index contributed by atoms with van der Waals surface area (Å²) in [6.45, 7) is 2.75. The van der Waals surface area contributed by atoms with Crippen LogP contribution in [0.3, 0.4) is 0 Å². The maximum absolute atomic E-state index is 5.58. The van der Waals surface area contributed by atoms with Gasteiger partial charge in [0.05, 0.1) is 0 Å². The number of hydrogen-bond acceptors (Lipinski definition) is 4. The van der Waals surface area contributed by atoms with E-state index in [2.05, 4.69) is 15.6 Å². The summed E-state index contributed by atoms with van der Waals surface area (Å²) in [5.74, 6) is 1.75. The summed E-state index contributed by atoms with van der Waals surface area (Å²) in [5, 5.41) is 6.38. The van der Waals surface area contributed by atoms with E-state index in [-0.39, 0.29) is 0 Å². The van der Waals surface area contributed by atoms with Crippen LogP contribution in [0.15, 0.2) is 18.3 Å². The average molecular weight is 235 g/mol. The minimum Gasteiger partial charge on any atom is -0.385 e. The Kier molecular flexibility index (Phi) is 4.62. The lowest BCUT2D eigenvalue weighted by atomic mass is 10.3. The molecule has 2 rings (SSSR count). The van der Waals surface area contributed by atoms with Gasteiger partial charge in [-0.05, 0) is 31.2 Å². The standard InChI is InChI=1S/C13H21N3O/c1-14-13-9-12(5-7-16-13)15-6-2-8-17-10-11-3-4-11/h5,7,9,11H,2-4,6,8,10H2,1H3,(H2,14,15,16). The molecular formula is C13H21N3O. The lowest BCUT2D eigenvalue weighted by molar-refractivity contribution is 0.124. The highest BCUT2D eigenvalue weighted by Gasteiger charge is 2.20. The molecule has 2 N–H and O–H groups in total. The van der Waals surface area contributed by atoms with Crippen LogP contribution in [0.5, 0.6) is 0 Å². The van der Waals surface area contributed by atoms with E-state index in [0.717, 1.165) is 43.6 Å². The van der Waals surface area contributed by atoms with Crippen molar-refractivity contribution in [2.45, 2.75) is 19.3 Å². The number of hydrogen-bond donors (Lipinski definition) is 2. The number of ether oxygens (including phenoxy) is 1. The Hall–Kier alpha value is -1.29. The minimum atomic E-state index is 0.855. The van der Waals surface area contributed by atoms with Crippen molar-refractivity contribution in [3.63, 3.8) is 0 Å². The summed E-state index contributed by atoms with van der Waals surface area (Å²) >= 11 is 0. The van der Waals surface area contributed by atoms with Gasteiger partial charge in [0.25, 0.3) is 0 Å². The lowest BCUT2D eigenvalue weighted by Gasteiger charge is -2.08. The highest BCUT2D eigenvalue weighted by molar-refractivity contribution is 5.51. The molecular weight excluding hydrogens is 214 g/mol. The number of aromatic nitrogens is 1. The van der Waals surface area contributed by atoms with E-state index in [1.807, 2.05) is 19.2 Å². The van der Waals surface area contributed by atoms with Crippen molar-refractivity contribution in [2.24, 2.45) is 5.92 Å². The zero-order chi connectivity index (χ0) is 11.9. The average Bonchev–Trinajstić information content (AvgIpc) is 3.18. The number of rotatable bonds is 8. The van der Waals surface area contributed by atoms with E-state index in [1.54, 1.807) is 6.20 Å². The third-order valence-corrected chi connectivity index (χ3v) is 2.86. The quantitative estimate of drug-likeness (QED) is 0.679. The maximum atomic E-state index is 5.58. The second kappa shape index (κ2) is 6.45. The van der Waals surface area contributed by atoms with Crippen LogP contribution >= 0.6 is 0 Å². The van der Waals surface area contributed by atoms with Gasteiger partial charge in [0.2, 0.25) is 0 Å². The predicted octanol–water partition coefficient (Wildman–Crippen LogP) is 2.35. The molecule has 1 aliphatic carbocycles. The van der Waals surface area contributed by atoms with Crippen molar-refractivity contribution in [3.05, 3.63) is 18.3 Å². The topological polar surface area (TPSA) is 46.2 Å². The van der Waals surface area contributed by atoms with E-state index in [4.69, 9.17) is 4.74 Å². The van der Waals surface area contributed by atoms with Gasteiger partial charge in [-0.1, -0.05) is 0 Å². The Labute approximate surface area is 103 Å². The van der Waals surface area contributed by atoms with Crippen LogP contribution in [0, 0.1) is 5.92 Å². The number of nitrogens with one attached hydrogen (secondary N) is 2. The predicted molar refractivity (Wildman–Crippen MR) is 70.4 cm³/mol. The van der Waals surface area contributed by atoms with Gasteiger partial charge in [-0.2, -0.15) is 0 Å². The monoisotopic (exact) mass is 235 g/mol. The second-order valence-electron chi connectivity index (χ2n) is 4.48. The zero-order valence-electron chi connectivity index (χ0n) is 10.4. The molecule has 1 fully saturated rings. The molecule has 17 heavy (non-hydrogen) atoms. The Bertz CT molecular complexity index is 339. The Morgan fingerprint density at radius 2 is 2.35 bits per heavy atom. The second-order valence-corrected chi connectivity index (χ2v) is 4.48. The molecule has 0 aliphatic heterocycles. The fourth-order valence-corrected chi connectivity index (χ4v) is 1.62. The Morgan fingerprint density at radius 1 is 1.47 bits per heavy atom. The molecule has 0 amide bonds. The summed E-state index contributed by atoms with van der Waals surface area (Å²) in [7, 11) is 1.87. The first-order valence-corrected chi connectivity index (χ1v) is 6.34. The van der Waals surface area contributed by atoms with Crippen LogP contribution in [0.2, 0.25) is 0 Å². The molecule has 4 heteroatoms. The van der Waals surface area contributed by atoms with Gasteiger partial charge >= 0.3 is 0 Å². The third kappa shape index (κ3) is 4.61. The van der Waals surface area contributed by atoms with Gasteiger partial charge < -0.3 is 15.4 Å². The van der Waals surface area contributed by atoms with Crippen LogP contribution in [0.4, 0.5) is 11.5 Å². The van der Waals surface area contributed by atoms with Crippen LogP contribution in [-0.2, 0) is 4.74 Å². The molecule has 1 aliphatic rings. The molecule has 94 valence electrons. The molecule has 1 aromatic heterocycles. The molecule has 0 radical (unpaired) electrons. The van der Waals surface area contributed by atoms with E-state index in [1.165, 1.54) is 12.8 Å². The molecule has 0 spiro atoms. The molecule has 4 nitrogen and oxygen atoms in total.